The van der Waals surface area contributed by atoms with Crippen LogP contribution in [-0.4, -0.2) is 14.1 Å². The van der Waals surface area contributed by atoms with Gasteiger partial charge in [0.15, 0.2) is 0 Å². The molecule has 0 unspecified atom stereocenters. The quantitative estimate of drug-likeness (QED) is 0.122. The van der Waals surface area contributed by atoms with Gasteiger partial charge in [0.1, 0.15) is 0 Å². The number of hydrogen-bond donors (Lipinski definition) is 0. The molecule has 3 aromatic heterocycles. The predicted octanol–water partition coefficient (Wildman–Crippen LogP) is 26.9. The number of hydrogen-bond acceptors (Lipinski definition) is 3. The lowest BCUT2D eigenvalue weighted by molar-refractivity contribution is 0.794. The molecule has 0 atom stereocenters. The molecule has 16 aromatic carbocycles. The van der Waals surface area contributed by atoms with Crippen LogP contribution in [0, 0.1) is 0 Å². The van der Waals surface area contributed by atoms with Crippen molar-refractivity contribution in [1.82, 2.24) is 14.1 Å². The first-order chi connectivity index (χ1) is 53.1. The Kier molecular flexibility index (Phi) is 15.4. The van der Waals surface area contributed by atoms with Crippen LogP contribution in [-0.2, 0) is 5.41 Å². The minimum absolute atomic E-state index is 0.428. The summed E-state index contributed by atoms with van der Waals surface area (Å²) in [6, 6.07) is 148. The Morgan fingerprint density at radius 1 is 0.224 bits per heavy atom. The number of fused-ring (bicyclic) bond motifs is 16. The van der Waals surface area contributed by atoms with Crippen LogP contribution in [0.3, 0.4) is 0 Å². The Morgan fingerprint density at radius 3 is 1.02 bits per heavy atom. The largest absolute Gasteiger partial charge is 0.310 e. The summed E-state index contributed by atoms with van der Waals surface area (Å²) in [5.41, 5.74) is 33.3. The maximum atomic E-state index is 4.42. The van der Waals surface area contributed by atoms with Crippen LogP contribution in [0.2, 0.25) is 0 Å². The fourth-order valence-corrected chi connectivity index (χ4v) is 17.2. The Bertz CT molecular complexity index is 6460. The number of anilines is 6. The maximum absolute atomic E-state index is 4.42. The zero-order valence-corrected chi connectivity index (χ0v) is 58.6. The molecule has 502 valence electrons. The highest BCUT2D eigenvalue weighted by Gasteiger charge is 2.52. The molecule has 0 saturated heterocycles. The van der Waals surface area contributed by atoms with Crippen molar-refractivity contribution in [2.45, 2.75) is 5.41 Å². The van der Waals surface area contributed by atoms with Crippen LogP contribution in [0.4, 0.5) is 34.1 Å². The van der Waals surface area contributed by atoms with E-state index in [1.54, 1.807) is 0 Å². The lowest BCUT2D eigenvalue weighted by atomic mass is 9.70. The molecule has 107 heavy (non-hydrogen) atoms. The van der Waals surface area contributed by atoms with E-state index in [-0.39, 0.29) is 0 Å². The lowest BCUT2D eigenvalue weighted by Crippen LogP contribution is -2.26. The summed E-state index contributed by atoms with van der Waals surface area (Å²) in [6.07, 6.45) is 3.73. The summed E-state index contributed by atoms with van der Waals surface area (Å²) in [5, 5.41) is 5.03. The third kappa shape index (κ3) is 10.6. The van der Waals surface area contributed by atoms with Crippen molar-refractivity contribution >= 4 is 77.7 Å². The van der Waals surface area contributed by atoms with Crippen LogP contribution in [0.25, 0.3) is 122 Å². The molecular formula is C102H69N5. The highest BCUT2D eigenvalue weighted by Crippen LogP contribution is 2.65. The molecule has 5 heteroatoms. The Labute approximate surface area is 622 Å². The summed E-state index contributed by atoms with van der Waals surface area (Å²) in [5.74, 6) is 0. The summed E-state index contributed by atoms with van der Waals surface area (Å²) >= 11 is 0. The highest BCUT2D eigenvalue weighted by atomic mass is 15.2. The zero-order valence-electron chi connectivity index (χ0n) is 58.6. The molecule has 0 saturated carbocycles. The van der Waals surface area contributed by atoms with Gasteiger partial charge in [0.05, 0.1) is 45.1 Å². The lowest BCUT2D eigenvalue weighted by Gasteiger charge is -2.32. The Balaban J connectivity index is 0.000000151. The molecule has 5 nitrogen and oxygen atoms in total. The van der Waals surface area contributed by atoms with Crippen LogP contribution >= 0.6 is 0 Å². The van der Waals surface area contributed by atoms with Gasteiger partial charge in [-0.15, -0.1) is 0 Å². The number of benzene rings is 16. The summed E-state index contributed by atoms with van der Waals surface area (Å²) < 4.78 is 4.76. The van der Waals surface area contributed by atoms with Crippen molar-refractivity contribution in [3.63, 3.8) is 0 Å². The molecule has 0 radical (unpaired) electrons. The highest BCUT2D eigenvalue weighted by molar-refractivity contribution is 6.12. The van der Waals surface area contributed by atoms with Gasteiger partial charge in [-0.2, -0.15) is 0 Å². The van der Waals surface area contributed by atoms with Crippen molar-refractivity contribution in [3.05, 3.63) is 441 Å². The summed E-state index contributed by atoms with van der Waals surface area (Å²) in [4.78, 5) is 9.14. The molecule has 0 aliphatic heterocycles. The van der Waals surface area contributed by atoms with E-state index in [0.29, 0.717) is 0 Å². The molecule has 2 aliphatic carbocycles. The molecule has 0 N–H and O–H groups in total. The number of pyridine rings is 1. The topological polar surface area (TPSA) is 29.2 Å². The fraction of sp³-hybridized carbons (Fsp3) is 0.00980. The Morgan fingerprint density at radius 2 is 0.570 bits per heavy atom. The van der Waals surface area contributed by atoms with E-state index in [1.807, 2.05) is 24.5 Å². The van der Waals surface area contributed by atoms with Gasteiger partial charge < -0.3 is 18.9 Å². The molecule has 2 aliphatic rings. The van der Waals surface area contributed by atoms with Crippen molar-refractivity contribution in [3.8, 4) is 78.1 Å². The fourth-order valence-electron chi connectivity index (χ4n) is 17.2. The SMILES string of the molecule is c1ccc(-c2ccc(N(c3ccc(-c4ccc5c6ccccc6n(-c6ccccc6)c5c4)cc3)c3cccc4c3-c3ccccc3C43c4ccccc4-c4ccccc43)cc2)cc1.c1ccc(-c2ccc(N(c3ccc(-c4ccc5c6ccccc6n(-c6ccccc6)c5c4)cc3)c3cccnc3)cc2)cc1. The second-order valence-electron chi connectivity index (χ2n) is 27.7. The monoisotopic (exact) mass is 1360 g/mol. The van der Waals surface area contributed by atoms with Gasteiger partial charge in [-0.3, -0.25) is 4.98 Å². The first kappa shape index (κ1) is 62.6. The maximum Gasteiger partial charge on any atom is 0.0726 e. The number of aromatic nitrogens is 3. The zero-order chi connectivity index (χ0) is 70.8. The molecule has 21 rings (SSSR count). The van der Waals surface area contributed by atoms with Gasteiger partial charge >= 0.3 is 0 Å². The molecule has 3 heterocycles. The van der Waals surface area contributed by atoms with Gasteiger partial charge in [-0.25, -0.2) is 0 Å². The van der Waals surface area contributed by atoms with Crippen molar-refractivity contribution in [2.24, 2.45) is 0 Å². The van der Waals surface area contributed by atoms with E-state index in [2.05, 4.69) is 418 Å². The molecule has 0 bridgehead atoms. The van der Waals surface area contributed by atoms with Crippen LogP contribution in [0.15, 0.2) is 419 Å². The van der Waals surface area contributed by atoms with Gasteiger partial charge in [0, 0.05) is 67.4 Å². The second-order valence-corrected chi connectivity index (χ2v) is 27.7. The Hall–Kier alpha value is -14.1. The van der Waals surface area contributed by atoms with Gasteiger partial charge in [0.25, 0.3) is 0 Å². The number of nitrogens with zero attached hydrogens (tertiary/aromatic N) is 5. The van der Waals surface area contributed by atoms with Gasteiger partial charge in [-0.1, -0.05) is 291 Å². The minimum atomic E-state index is -0.428. The average Bonchev–Trinajstić information content (AvgIpc) is 1.50. The first-order valence-electron chi connectivity index (χ1n) is 36.7. The first-order valence-corrected chi connectivity index (χ1v) is 36.7. The number of para-hydroxylation sites is 4. The normalized spacial score (nSPS) is 12.2. The van der Waals surface area contributed by atoms with Crippen LogP contribution in [0.1, 0.15) is 22.3 Å². The predicted molar refractivity (Wildman–Crippen MR) is 447 cm³/mol. The summed E-state index contributed by atoms with van der Waals surface area (Å²) in [7, 11) is 0. The van der Waals surface area contributed by atoms with Crippen molar-refractivity contribution in [1.29, 1.82) is 0 Å². The van der Waals surface area contributed by atoms with Crippen molar-refractivity contribution < 1.29 is 0 Å². The van der Waals surface area contributed by atoms with Crippen LogP contribution < -0.4 is 9.80 Å². The average molecular weight is 1360 g/mol. The van der Waals surface area contributed by atoms with E-state index in [1.165, 1.54) is 133 Å². The third-order valence-corrected chi connectivity index (χ3v) is 21.9. The minimum Gasteiger partial charge on any atom is -0.310 e. The summed E-state index contributed by atoms with van der Waals surface area (Å²) in [6.45, 7) is 0. The van der Waals surface area contributed by atoms with Gasteiger partial charge in [-0.05, 0) is 199 Å². The van der Waals surface area contributed by atoms with Crippen LogP contribution in [0.5, 0.6) is 0 Å². The molecular weight excluding hydrogens is 1300 g/mol. The standard InChI is InChI=1S/C61H40N2.C41H29N3/c1-3-16-41(17-4-1)42-30-35-46(36-31-42)62(47-37-32-43(33-38-47)44-34-39-51-50-22-10-14-28-57(50)63(59(51)40-44)45-18-5-2-6-19-45)58-29-15-27-56-60(58)52-23-9-13-26-55(52)61(56)53-24-11-7-20-48(53)49-21-8-12-25-54(49)61;1-3-10-30(11-4-1)31-17-22-35(23-18-31)43(37-14-9-27-42-29-37)36-24-19-32(20-25-36)33-21-26-39-38-15-7-8-16-40(38)44(41(39)28-33)34-12-5-2-6-13-34/h1-40H;1-29H. The van der Waals surface area contributed by atoms with E-state index in [4.69, 9.17) is 0 Å². The number of rotatable bonds is 12. The van der Waals surface area contributed by atoms with E-state index >= 15 is 0 Å². The van der Waals surface area contributed by atoms with E-state index in [0.717, 1.165) is 45.5 Å². The molecule has 1 spiro atoms. The molecule has 0 fully saturated rings. The van der Waals surface area contributed by atoms with Gasteiger partial charge in [0.2, 0.25) is 0 Å². The molecule has 0 amide bonds. The van der Waals surface area contributed by atoms with Crippen molar-refractivity contribution in [2.75, 3.05) is 9.80 Å². The second kappa shape index (κ2) is 26.3. The third-order valence-electron chi connectivity index (χ3n) is 21.9. The molecule has 19 aromatic rings. The van der Waals surface area contributed by atoms with E-state index in [9.17, 15) is 0 Å². The van der Waals surface area contributed by atoms with E-state index < -0.39 is 5.41 Å². The smallest absolute Gasteiger partial charge is 0.0726 e.